The van der Waals surface area contributed by atoms with Crippen LogP contribution in [0.2, 0.25) is 0 Å². The number of hydrogen-bond acceptors (Lipinski definition) is 7. The minimum absolute atomic E-state index is 0.00787. The summed E-state index contributed by atoms with van der Waals surface area (Å²) in [6.07, 6.45) is 0. The predicted molar refractivity (Wildman–Crippen MR) is 122 cm³/mol. The topological polar surface area (TPSA) is 117 Å². The summed E-state index contributed by atoms with van der Waals surface area (Å²) in [5, 5.41) is 26.9. The van der Waals surface area contributed by atoms with Crippen molar-refractivity contribution in [1.29, 1.82) is 0 Å². The van der Waals surface area contributed by atoms with Gasteiger partial charge in [0.25, 0.3) is 11.6 Å². The van der Waals surface area contributed by atoms with Gasteiger partial charge >= 0.3 is 0 Å². The number of nitrogens with one attached hydrogen (secondary N) is 2. The van der Waals surface area contributed by atoms with E-state index in [4.69, 9.17) is 17.0 Å². The van der Waals surface area contributed by atoms with Crippen molar-refractivity contribution in [3.05, 3.63) is 57.6 Å². The molecular formula is C21H24N4O5S. The quantitative estimate of drug-likeness (QED) is 0.278. The molecule has 1 aliphatic rings. The van der Waals surface area contributed by atoms with Crippen molar-refractivity contribution in [3.63, 3.8) is 0 Å². The van der Waals surface area contributed by atoms with Crippen molar-refractivity contribution < 1.29 is 19.6 Å². The van der Waals surface area contributed by atoms with Crippen LogP contribution in [0.1, 0.15) is 35.7 Å². The predicted octanol–water partition coefficient (Wildman–Crippen LogP) is 3.39. The average molecular weight is 445 g/mol. The van der Waals surface area contributed by atoms with Gasteiger partial charge in [-0.05, 0) is 48.0 Å². The van der Waals surface area contributed by atoms with Crippen molar-refractivity contribution >= 4 is 40.3 Å². The van der Waals surface area contributed by atoms with Crippen LogP contribution in [0.4, 0.5) is 17.1 Å². The lowest BCUT2D eigenvalue weighted by Crippen LogP contribution is -2.37. The molecule has 0 aliphatic carbocycles. The molecule has 0 bridgehead atoms. The maximum Gasteiger partial charge on any atom is 0.293 e. The van der Waals surface area contributed by atoms with Gasteiger partial charge < -0.3 is 20.1 Å². The Morgan fingerprint density at radius 3 is 2.58 bits per heavy atom. The highest BCUT2D eigenvalue weighted by Crippen LogP contribution is 2.30. The van der Waals surface area contributed by atoms with Crippen LogP contribution in [0.3, 0.4) is 0 Å². The average Bonchev–Trinajstić information content (AvgIpc) is 2.75. The zero-order valence-corrected chi connectivity index (χ0v) is 18.1. The summed E-state index contributed by atoms with van der Waals surface area (Å²) in [6, 6.07) is 9.43. The molecule has 0 radical (unpaired) electrons. The lowest BCUT2D eigenvalue weighted by molar-refractivity contribution is -0.384. The van der Waals surface area contributed by atoms with E-state index in [1.165, 1.54) is 12.1 Å². The number of thiocarbonyl (C=S) groups is 1. The van der Waals surface area contributed by atoms with Crippen molar-refractivity contribution in [2.24, 2.45) is 0 Å². The molecule has 3 N–H and O–H groups in total. The number of hydrogen-bond donors (Lipinski definition) is 3. The standard InChI is InChI=1S/C21H24N4O5S/c1-13(2)14-4-6-19(26)16(11-14)22-21(31)23-20(27)15-3-5-17(18(12-15)25(28)29)24-7-9-30-10-8-24/h3-6,11-13,26H,7-10H2,1-2H3,(H2,22,23,27,31). The third-order valence-electron chi connectivity index (χ3n) is 4.95. The van der Waals surface area contributed by atoms with E-state index in [0.29, 0.717) is 37.7 Å². The van der Waals surface area contributed by atoms with Crippen LogP contribution in [0.15, 0.2) is 36.4 Å². The molecule has 1 saturated heterocycles. The molecule has 0 saturated carbocycles. The largest absolute Gasteiger partial charge is 0.506 e. The van der Waals surface area contributed by atoms with Gasteiger partial charge in [-0.3, -0.25) is 20.2 Å². The molecule has 1 fully saturated rings. The Hall–Kier alpha value is -3.24. The van der Waals surface area contributed by atoms with E-state index in [0.717, 1.165) is 5.56 Å². The maximum atomic E-state index is 12.6. The van der Waals surface area contributed by atoms with Crippen LogP contribution < -0.4 is 15.5 Å². The fraction of sp³-hybridized carbons (Fsp3) is 0.333. The summed E-state index contributed by atoms with van der Waals surface area (Å²) in [5.41, 5.74) is 1.75. The van der Waals surface area contributed by atoms with Gasteiger partial charge in [0.15, 0.2) is 5.11 Å². The van der Waals surface area contributed by atoms with Crippen LogP contribution in [0, 0.1) is 10.1 Å². The molecule has 3 rings (SSSR count). The van der Waals surface area contributed by atoms with Gasteiger partial charge in [0.2, 0.25) is 0 Å². The number of carbonyl (C=O) groups excluding carboxylic acids is 1. The Morgan fingerprint density at radius 1 is 1.23 bits per heavy atom. The molecule has 0 unspecified atom stereocenters. The third kappa shape index (κ3) is 5.47. The van der Waals surface area contributed by atoms with Gasteiger partial charge in [-0.1, -0.05) is 19.9 Å². The Balaban J connectivity index is 1.74. The zero-order chi connectivity index (χ0) is 22.5. The van der Waals surface area contributed by atoms with Crippen LogP contribution in [-0.2, 0) is 4.74 Å². The third-order valence-corrected chi connectivity index (χ3v) is 5.15. The Labute approximate surface area is 185 Å². The van der Waals surface area contributed by atoms with Gasteiger partial charge in [0, 0.05) is 24.7 Å². The van der Waals surface area contributed by atoms with Gasteiger partial charge in [0.05, 0.1) is 23.8 Å². The normalized spacial score (nSPS) is 13.7. The van der Waals surface area contributed by atoms with Crippen molar-refractivity contribution in [1.82, 2.24) is 5.32 Å². The monoisotopic (exact) mass is 444 g/mol. The van der Waals surface area contributed by atoms with E-state index in [1.807, 2.05) is 24.8 Å². The summed E-state index contributed by atoms with van der Waals surface area (Å²) < 4.78 is 5.29. The van der Waals surface area contributed by atoms with E-state index in [9.17, 15) is 20.0 Å². The number of nitro benzene ring substituents is 1. The van der Waals surface area contributed by atoms with E-state index >= 15 is 0 Å². The summed E-state index contributed by atoms with van der Waals surface area (Å²) in [5.74, 6) is -0.352. The molecule has 31 heavy (non-hydrogen) atoms. The first-order valence-corrected chi connectivity index (χ1v) is 10.2. The SMILES string of the molecule is CC(C)c1ccc(O)c(NC(=S)NC(=O)c2ccc(N3CCOCC3)c([N+](=O)[O-])c2)c1. The first-order chi connectivity index (χ1) is 14.8. The minimum Gasteiger partial charge on any atom is -0.506 e. The minimum atomic E-state index is -0.589. The molecule has 0 aromatic heterocycles. The lowest BCUT2D eigenvalue weighted by atomic mass is 10.0. The number of benzene rings is 2. The number of ether oxygens (including phenoxy) is 1. The van der Waals surface area contributed by atoms with Crippen LogP contribution in [0.25, 0.3) is 0 Å². The Bertz CT molecular complexity index is 1010. The number of nitrogens with zero attached hydrogens (tertiary/aromatic N) is 2. The number of nitro groups is 1. The van der Waals surface area contributed by atoms with E-state index in [2.05, 4.69) is 10.6 Å². The summed E-state index contributed by atoms with van der Waals surface area (Å²) in [7, 11) is 0. The molecule has 0 atom stereocenters. The molecule has 2 aromatic carbocycles. The fourth-order valence-corrected chi connectivity index (χ4v) is 3.43. The van der Waals surface area contributed by atoms with Gasteiger partial charge in [-0.2, -0.15) is 0 Å². The molecule has 9 nitrogen and oxygen atoms in total. The second-order valence-electron chi connectivity index (χ2n) is 7.40. The first kappa shape index (κ1) is 22.4. The second-order valence-corrected chi connectivity index (χ2v) is 7.81. The highest BCUT2D eigenvalue weighted by Gasteiger charge is 2.23. The van der Waals surface area contributed by atoms with Crippen molar-refractivity contribution in [3.8, 4) is 5.75 Å². The van der Waals surface area contributed by atoms with E-state index in [-0.39, 0.29) is 28.0 Å². The molecular weight excluding hydrogens is 420 g/mol. The first-order valence-electron chi connectivity index (χ1n) is 9.82. The molecule has 1 heterocycles. The lowest BCUT2D eigenvalue weighted by Gasteiger charge is -2.28. The van der Waals surface area contributed by atoms with Crippen LogP contribution >= 0.6 is 12.2 Å². The summed E-state index contributed by atoms with van der Waals surface area (Å²) in [4.78, 5) is 25.5. The number of morpholine rings is 1. The van der Waals surface area contributed by atoms with Crippen molar-refractivity contribution in [2.45, 2.75) is 19.8 Å². The number of rotatable bonds is 5. The number of carbonyl (C=O) groups is 1. The number of amides is 1. The highest BCUT2D eigenvalue weighted by molar-refractivity contribution is 7.80. The number of anilines is 2. The Morgan fingerprint density at radius 2 is 1.94 bits per heavy atom. The van der Waals surface area contributed by atoms with Crippen molar-refractivity contribution in [2.75, 3.05) is 36.5 Å². The molecule has 164 valence electrons. The number of phenols is 1. The van der Waals surface area contributed by atoms with Gasteiger partial charge in [-0.25, -0.2) is 0 Å². The number of aromatic hydroxyl groups is 1. The number of phenolic OH excluding ortho intramolecular Hbond substituents is 1. The van der Waals surface area contributed by atoms with Gasteiger partial charge in [0.1, 0.15) is 11.4 Å². The molecule has 1 amide bonds. The molecule has 0 spiro atoms. The van der Waals surface area contributed by atoms with Crippen LogP contribution in [0.5, 0.6) is 5.75 Å². The summed E-state index contributed by atoms with van der Waals surface area (Å²) >= 11 is 5.18. The second kappa shape index (κ2) is 9.71. The van der Waals surface area contributed by atoms with Gasteiger partial charge in [-0.15, -0.1) is 0 Å². The smallest absolute Gasteiger partial charge is 0.293 e. The molecule has 1 aliphatic heterocycles. The zero-order valence-electron chi connectivity index (χ0n) is 17.3. The molecule has 2 aromatic rings. The van der Waals surface area contributed by atoms with E-state index in [1.54, 1.807) is 18.2 Å². The fourth-order valence-electron chi connectivity index (χ4n) is 3.22. The van der Waals surface area contributed by atoms with E-state index < -0.39 is 10.8 Å². The highest BCUT2D eigenvalue weighted by atomic mass is 32.1. The van der Waals surface area contributed by atoms with Crippen LogP contribution in [-0.4, -0.2) is 47.4 Å². The summed E-state index contributed by atoms with van der Waals surface area (Å²) in [6.45, 7) is 6.10. The Kier molecular flexibility index (Phi) is 7.03. The maximum absolute atomic E-state index is 12.6. The molecule has 10 heteroatoms.